The highest BCUT2D eigenvalue weighted by Gasteiger charge is 2.37. The molecule has 2 atom stereocenters. The molecule has 0 radical (unpaired) electrons. The van der Waals surface area contributed by atoms with Crippen LogP contribution < -0.4 is 10.1 Å². The number of nitrogens with zero attached hydrogens (tertiary/aromatic N) is 4. The molecule has 0 unspecified atom stereocenters. The van der Waals surface area contributed by atoms with Gasteiger partial charge >= 0.3 is 18.5 Å². The maximum atomic E-state index is 12.8. The second-order valence-corrected chi connectivity index (χ2v) is 8.24. The topological polar surface area (TPSA) is 140 Å². The number of likely N-dealkylation sites (tertiary alicyclic amines) is 1. The highest BCUT2D eigenvalue weighted by Crippen LogP contribution is 2.31. The second-order valence-electron chi connectivity index (χ2n) is 7.81. The largest absolute Gasteiger partial charge is 0.522 e. The van der Waals surface area contributed by atoms with Crippen molar-refractivity contribution in [2.45, 2.75) is 31.3 Å². The molecule has 1 aliphatic heterocycles. The van der Waals surface area contributed by atoms with Crippen molar-refractivity contribution in [3.05, 3.63) is 46.9 Å². The van der Waals surface area contributed by atoms with Crippen LogP contribution in [0, 0.1) is 0 Å². The molecule has 2 aromatic heterocycles. The Morgan fingerprint density at radius 3 is 2.78 bits per heavy atom. The van der Waals surface area contributed by atoms with E-state index in [-0.39, 0.29) is 18.9 Å². The van der Waals surface area contributed by atoms with Gasteiger partial charge in [0.2, 0.25) is 5.89 Å². The molecule has 2 N–H and O–H groups in total. The third kappa shape index (κ3) is 6.31. The smallest absolute Gasteiger partial charge is 0.465 e. The number of carboxylic acid groups (broad SMARTS) is 1. The minimum Gasteiger partial charge on any atom is -0.465 e. The summed E-state index contributed by atoms with van der Waals surface area (Å²) in [5.41, 5.74) is 0.964. The molecule has 1 aliphatic rings. The predicted octanol–water partition coefficient (Wildman–Crippen LogP) is 3.80. The van der Waals surface area contributed by atoms with Crippen LogP contribution in [0.4, 0.5) is 18.0 Å². The summed E-state index contributed by atoms with van der Waals surface area (Å²) in [6, 6.07) is 5.43. The molecule has 192 valence electrons. The van der Waals surface area contributed by atoms with Crippen molar-refractivity contribution >= 4 is 34.5 Å². The molecule has 0 saturated carbocycles. The summed E-state index contributed by atoms with van der Waals surface area (Å²) in [5.74, 6) is -0.503. The molecule has 1 aromatic carbocycles. The number of benzene rings is 1. The quantitative estimate of drug-likeness (QED) is 0.437. The molecule has 3 heterocycles. The zero-order chi connectivity index (χ0) is 25.9. The van der Waals surface area contributed by atoms with Crippen molar-refractivity contribution in [3.8, 4) is 6.08 Å². The lowest BCUT2D eigenvalue weighted by Crippen LogP contribution is -2.50. The fraction of sp³-hybridized carbons (Fsp3) is 0.381. The lowest BCUT2D eigenvalue weighted by atomic mass is 9.98. The van der Waals surface area contributed by atoms with E-state index in [4.69, 9.17) is 20.8 Å². The van der Waals surface area contributed by atoms with Gasteiger partial charge in [-0.15, -0.1) is 18.3 Å². The molecule has 2 amide bonds. The Balaban J connectivity index is 1.37. The third-order valence-electron chi connectivity index (χ3n) is 5.35. The van der Waals surface area contributed by atoms with Crippen LogP contribution in [-0.2, 0) is 4.74 Å². The van der Waals surface area contributed by atoms with E-state index in [1.165, 1.54) is 6.20 Å². The fourth-order valence-electron chi connectivity index (χ4n) is 3.75. The van der Waals surface area contributed by atoms with Crippen LogP contribution in [0.1, 0.15) is 35.1 Å². The number of fused-ring (bicyclic) bond motifs is 1. The van der Waals surface area contributed by atoms with Gasteiger partial charge in [0.25, 0.3) is 5.91 Å². The van der Waals surface area contributed by atoms with E-state index in [0.29, 0.717) is 27.9 Å². The van der Waals surface area contributed by atoms with Crippen LogP contribution in [0.15, 0.2) is 34.9 Å². The van der Waals surface area contributed by atoms with Crippen LogP contribution in [0.2, 0.25) is 5.02 Å². The number of aromatic nitrogens is 3. The summed E-state index contributed by atoms with van der Waals surface area (Å²) >= 11 is 6.00. The van der Waals surface area contributed by atoms with E-state index in [1.54, 1.807) is 24.3 Å². The van der Waals surface area contributed by atoms with Gasteiger partial charge in [-0.1, -0.05) is 16.7 Å². The van der Waals surface area contributed by atoms with Gasteiger partial charge in [0, 0.05) is 29.2 Å². The number of pyridine rings is 1. The number of halogens is 4. The van der Waals surface area contributed by atoms with Crippen molar-refractivity contribution in [3.63, 3.8) is 0 Å². The van der Waals surface area contributed by atoms with E-state index in [2.05, 4.69) is 25.2 Å². The fourth-order valence-corrected chi connectivity index (χ4v) is 3.93. The van der Waals surface area contributed by atoms with Gasteiger partial charge in [-0.3, -0.25) is 19.4 Å². The molecule has 4 rings (SSSR count). The average Bonchev–Trinajstić information content (AvgIpc) is 3.29. The van der Waals surface area contributed by atoms with E-state index >= 15 is 0 Å². The van der Waals surface area contributed by atoms with Crippen molar-refractivity contribution in [2.24, 2.45) is 0 Å². The molecule has 3 aromatic rings. The number of alkyl halides is 3. The number of rotatable bonds is 7. The van der Waals surface area contributed by atoms with E-state index in [1.807, 2.05) is 0 Å². The summed E-state index contributed by atoms with van der Waals surface area (Å²) in [7, 11) is 0. The van der Waals surface area contributed by atoms with Crippen LogP contribution in [0.25, 0.3) is 10.9 Å². The normalized spacial score (nSPS) is 18.3. The summed E-state index contributed by atoms with van der Waals surface area (Å²) in [4.78, 5) is 29.9. The van der Waals surface area contributed by atoms with Gasteiger partial charge in [0.15, 0.2) is 0 Å². The number of carbonyl (C=O) groups excluding carboxylic acids is 1. The van der Waals surface area contributed by atoms with E-state index in [0.717, 1.165) is 4.90 Å². The molecule has 0 bridgehead atoms. The maximum Gasteiger partial charge on any atom is 0.522 e. The highest BCUT2D eigenvalue weighted by atomic mass is 35.5. The van der Waals surface area contributed by atoms with Gasteiger partial charge in [-0.25, -0.2) is 4.79 Å². The first-order chi connectivity index (χ1) is 17.1. The average molecular weight is 530 g/mol. The molecule has 1 saturated heterocycles. The summed E-state index contributed by atoms with van der Waals surface area (Å²) < 4.78 is 49.8. The standard InChI is InChI=1S/C21H19ClF3N5O6/c22-13-1-3-15-11(8-13)7-12(9-26-15)17(31)27-14-2-4-16(30(10-14)20(32)33)18-28-29-19(36-18)34-5-6-35-21(23,24)25/h1,3,7-9,14,16H,2,4-6,10H2,(H,27,31)(H,32,33)/t14-,16+/m0/s1. The Kier molecular flexibility index (Phi) is 7.45. The molecular formula is C21H19ClF3N5O6. The van der Waals surface area contributed by atoms with Gasteiger partial charge in [0.1, 0.15) is 12.6 Å². The maximum absolute atomic E-state index is 12.8. The minimum absolute atomic E-state index is 0.0590. The van der Waals surface area contributed by atoms with Gasteiger partial charge in [-0.2, -0.15) is 0 Å². The minimum atomic E-state index is -4.79. The lowest BCUT2D eigenvalue weighted by molar-refractivity contribution is -0.325. The van der Waals surface area contributed by atoms with Crippen molar-refractivity contribution < 1.29 is 41.8 Å². The van der Waals surface area contributed by atoms with Crippen molar-refractivity contribution in [1.82, 2.24) is 25.4 Å². The van der Waals surface area contributed by atoms with Crippen LogP contribution in [0.5, 0.6) is 6.08 Å². The monoisotopic (exact) mass is 529 g/mol. The zero-order valence-electron chi connectivity index (χ0n) is 18.4. The Hall–Kier alpha value is -3.65. The molecule has 0 aliphatic carbocycles. The van der Waals surface area contributed by atoms with Crippen LogP contribution >= 0.6 is 11.6 Å². The number of hydrogen-bond acceptors (Lipinski definition) is 8. The first-order valence-corrected chi connectivity index (χ1v) is 11.0. The predicted molar refractivity (Wildman–Crippen MR) is 117 cm³/mol. The number of piperidine rings is 1. The summed E-state index contributed by atoms with van der Waals surface area (Å²) in [5, 5.41) is 21.0. The SMILES string of the molecule is O=C(N[C@H]1CC[C@H](c2nnc(OCCOC(F)(F)F)o2)N(C(=O)O)C1)c1cnc2ccc(Cl)cc2c1. The van der Waals surface area contributed by atoms with Gasteiger partial charge in [0.05, 0.1) is 17.7 Å². The first kappa shape index (κ1) is 25.4. The number of hydrogen-bond donors (Lipinski definition) is 2. The lowest BCUT2D eigenvalue weighted by Gasteiger charge is -2.36. The van der Waals surface area contributed by atoms with Gasteiger partial charge < -0.3 is 19.6 Å². The summed E-state index contributed by atoms with van der Waals surface area (Å²) in [6.45, 7) is -1.35. The van der Waals surface area contributed by atoms with Crippen LogP contribution in [-0.4, -0.2) is 69.4 Å². The molecular weight excluding hydrogens is 511 g/mol. The zero-order valence-corrected chi connectivity index (χ0v) is 19.1. The Labute approximate surface area is 206 Å². The Bertz CT molecular complexity index is 1260. The Morgan fingerprint density at radius 1 is 1.22 bits per heavy atom. The second kappa shape index (κ2) is 10.5. The molecule has 11 nitrogen and oxygen atoms in total. The van der Waals surface area contributed by atoms with E-state index in [9.17, 15) is 27.9 Å². The van der Waals surface area contributed by atoms with Crippen molar-refractivity contribution in [2.75, 3.05) is 19.8 Å². The number of nitrogens with one attached hydrogen (secondary N) is 1. The number of ether oxygens (including phenoxy) is 2. The first-order valence-electron chi connectivity index (χ1n) is 10.6. The third-order valence-corrected chi connectivity index (χ3v) is 5.59. The van der Waals surface area contributed by atoms with Gasteiger partial charge in [-0.05, 0) is 37.1 Å². The Morgan fingerprint density at radius 2 is 2.03 bits per heavy atom. The highest BCUT2D eigenvalue weighted by molar-refractivity contribution is 6.31. The molecule has 1 fully saturated rings. The van der Waals surface area contributed by atoms with Crippen LogP contribution in [0.3, 0.4) is 0 Å². The number of amides is 2. The summed E-state index contributed by atoms with van der Waals surface area (Å²) in [6.07, 6.45) is -4.43. The van der Waals surface area contributed by atoms with E-state index < -0.39 is 49.7 Å². The molecule has 0 spiro atoms. The molecule has 36 heavy (non-hydrogen) atoms. The molecule has 15 heteroatoms. The number of carbonyl (C=O) groups is 2. The van der Waals surface area contributed by atoms with Crippen molar-refractivity contribution in [1.29, 1.82) is 0 Å².